The molecule has 168 valence electrons. The molecule has 31 heavy (non-hydrogen) atoms. The van der Waals surface area contributed by atoms with Gasteiger partial charge >= 0.3 is 6.03 Å². The first kappa shape index (κ1) is 21.7. The van der Waals surface area contributed by atoms with Gasteiger partial charge in [-0.2, -0.15) is 0 Å². The van der Waals surface area contributed by atoms with Gasteiger partial charge in [-0.25, -0.2) is 4.79 Å². The number of carbonyl (C=O) groups is 3. The summed E-state index contributed by atoms with van der Waals surface area (Å²) in [6, 6.07) is 7.92. The van der Waals surface area contributed by atoms with Crippen molar-refractivity contribution in [2.24, 2.45) is 11.3 Å². The minimum absolute atomic E-state index is 0.0211. The lowest BCUT2D eigenvalue weighted by atomic mass is 9.64. The van der Waals surface area contributed by atoms with Gasteiger partial charge in [-0.1, -0.05) is 32.9 Å². The van der Waals surface area contributed by atoms with E-state index in [-0.39, 0.29) is 23.8 Å². The molecule has 0 unspecified atom stereocenters. The van der Waals surface area contributed by atoms with Gasteiger partial charge in [0.2, 0.25) is 5.91 Å². The summed E-state index contributed by atoms with van der Waals surface area (Å²) >= 11 is 0. The second kappa shape index (κ2) is 7.84. The molecule has 1 aromatic rings. The van der Waals surface area contributed by atoms with Crippen molar-refractivity contribution in [2.75, 3.05) is 37.6 Å². The molecule has 7 nitrogen and oxygen atoms in total. The van der Waals surface area contributed by atoms with Crippen molar-refractivity contribution in [1.82, 2.24) is 15.1 Å². The molecule has 1 N–H and O–H groups in total. The van der Waals surface area contributed by atoms with Crippen LogP contribution in [0.25, 0.3) is 0 Å². The maximum Gasteiger partial charge on any atom is 0.325 e. The lowest BCUT2D eigenvalue weighted by Crippen LogP contribution is -2.55. The Labute approximate surface area is 184 Å². The number of rotatable bonds is 3. The normalized spacial score (nSPS) is 28.3. The first-order chi connectivity index (χ1) is 14.6. The SMILES string of the molecule is Cc1cccc(N2CCN(C(=O)CN3C(=O)N[C@]4(C[C@H](C)CC(C)(C)C4)C3=O)CC2)c1. The Hall–Kier alpha value is -2.57. The number of anilines is 1. The quantitative estimate of drug-likeness (QED) is 0.755. The summed E-state index contributed by atoms with van der Waals surface area (Å²) in [6.07, 6.45) is 2.29. The van der Waals surface area contributed by atoms with E-state index in [1.165, 1.54) is 5.56 Å². The molecule has 0 radical (unpaired) electrons. The second-order valence-electron chi connectivity index (χ2n) is 10.5. The molecule has 4 rings (SSSR count). The van der Waals surface area contributed by atoms with Crippen LogP contribution in [-0.4, -0.2) is 65.9 Å². The van der Waals surface area contributed by atoms with Crippen LogP contribution < -0.4 is 10.2 Å². The Kier molecular flexibility index (Phi) is 5.48. The third-order valence-electron chi connectivity index (χ3n) is 6.92. The molecule has 0 bridgehead atoms. The number of carbonyl (C=O) groups excluding carboxylic acids is 3. The number of hydrogen-bond donors (Lipinski definition) is 1. The largest absolute Gasteiger partial charge is 0.368 e. The highest BCUT2D eigenvalue weighted by Crippen LogP contribution is 2.46. The van der Waals surface area contributed by atoms with Gasteiger partial charge in [0.15, 0.2) is 0 Å². The van der Waals surface area contributed by atoms with E-state index in [0.29, 0.717) is 31.8 Å². The van der Waals surface area contributed by atoms with Crippen molar-refractivity contribution >= 4 is 23.5 Å². The zero-order chi connectivity index (χ0) is 22.4. The Bertz CT molecular complexity index is 891. The van der Waals surface area contributed by atoms with Gasteiger partial charge in [-0.15, -0.1) is 0 Å². The summed E-state index contributed by atoms with van der Waals surface area (Å²) in [4.78, 5) is 44.1. The summed E-state index contributed by atoms with van der Waals surface area (Å²) in [7, 11) is 0. The molecule has 2 atom stereocenters. The molecule has 1 aliphatic carbocycles. The van der Waals surface area contributed by atoms with Gasteiger partial charge in [0.25, 0.3) is 5.91 Å². The van der Waals surface area contributed by atoms with Crippen LogP contribution in [-0.2, 0) is 9.59 Å². The molecule has 3 fully saturated rings. The van der Waals surface area contributed by atoms with Crippen molar-refractivity contribution in [3.05, 3.63) is 29.8 Å². The first-order valence-corrected chi connectivity index (χ1v) is 11.3. The molecular weight excluding hydrogens is 392 g/mol. The lowest BCUT2D eigenvalue weighted by Gasteiger charge is -2.43. The maximum atomic E-state index is 13.3. The summed E-state index contributed by atoms with van der Waals surface area (Å²) in [5, 5.41) is 2.96. The Balaban J connectivity index is 1.38. The highest BCUT2D eigenvalue weighted by Gasteiger charge is 2.56. The number of nitrogens with one attached hydrogen (secondary N) is 1. The van der Waals surface area contributed by atoms with Crippen LogP contribution in [0.15, 0.2) is 24.3 Å². The highest BCUT2D eigenvalue weighted by molar-refractivity contribution is 6.09. The molecule has 2 heterocycles. The number of piperazine rings is 1. The maximum absolute atomic E-state index is 13.3. The molecule has 2 aliphatic heterocycles. The fraction of sp³-hybridized carbons (Fsp3) is 0.625. The molecule has 2 saturated heterocycles. The number of amides is 4. The standard InChI is InChI=1S/C24H34N4O3/c1-17-6-5-7-19(12-17)26-8-10-27(11-9-26)20(29)15-28-21(30)24(25-22(28)31)14-18(2)13-23(3,4)16-24/h5-7,12,18H,8-11,13-16H2,1-4H3,(H,25,31)/t18-,24+/m1/s1. The fourth-order valence-electron chi connectivity index (χ4n) is 5.92. The van der Waals surface area contributed by atoms with E-state index in [0.717, 1.165) is 30.1 Å². The second-order valence-corrected chi connectivity index (χ2v) is 10.5. The minimum Gasteiger partial charge on any atom is -0.368 e. The Morgan fingerprint density at radius 3 is 2.48 bits per heavy atom. The van der Waals surface area contributed by atoms with E-state index in [9.17, 15) is 14.4 Å². The van der Waals surface area contributed by atoms with Gasteiger partial charge in [0, 0.05) is 31.9 Å². The molecule has 1 aromatic carbocycles. The van der Waals surface area contributed by atoms with Crippen molar-refractivity contribution in [2.45, 2.75) is 52.5 Å². The fourth-order valence-corrected chi connectivity index (χ4v) is 5.92. The van der Waals surface area contributed by atoms with Crippen LogP contribution in [0.2, 0.25) is 0 Å². The summed E-state index contributed by atoms with van der Waals surface area (Å²) in [6.45, 7) is 11.0. The smallest absolute Gasteiger partial charge is 0.325 e. The zero-order valence-electron chi connectivity index (χ0n) is 19.1. The third-order valence-corrected chi connectivity index (χ3v) is 6.92. The topological polar surface area (TPSA) is 73.0 Å². The van der Waals surface area contributed by atoms with E-state index in [1.54, 1.807) is 4.90 Å². The molecule has 1 saturated carbocycles. The van der Waals surface area contributed by atoms with Crippen LogP contribution in [0.3, 0.4) is 0 Å². The predicted molar refractivity (Wildman–Crippen MR) is 120 cm³/mol. The van der Waals surface area contributed by atoms with Gasteiger partial charge in [0.05, 0.1) is 0 Å². The Morgan fingerprint density at radius 2 is 1.84 bits per heavy atom. The van der Waals surface area contributed by atoms with Gasteiger partial charge in [-0.05, 0) is 55.2 Å². The van der Waals surface area contributed by atoms with E-state index in [1.807, 2.05) is 6.07 Å². The lowest BCUT2D eigenvalue weighted by molar-refractivity contribution is -0.140. The minimum atomic E-state index is -0.859. The summed E-state index contributed by atoms with van der Waals surface area (Å²) in [5.41, 5.74) is 1.50. The number of urea groups is 1. The van der Waals surface area contributed by atoms with Crippen LogP contribution in [0.4, 0.5) is 10.5 Å². The van der Waals surface area contributed by atoms with E-state index < -0.39 is 11.6 Å². The third kappa shape index (κ3) is 4.27. The van der Waals surface area contributed by atoms with Crippen LogP contribution in [0, 0.1) is 18.3 Å². The van der Waals surface area contributed by atoms with E-state index in [2.05, 4.69) is 56.1 Å². The highest BCUT2D eigenvalue weighted by atomic mass is 16.2. The molecule has 7 heteroatoms. The van der Waals surface area contributed by atoms with Crippen LogP contribution in [0.1, 0.15) is 45.6 Å². The predicted octanol–water partition coefficient (Wildman–Crippen LogP) is 2.78. The van der Waals surface area contributed by atoms with Crippen LogP contribution >= 0.6 is 0 Å². The number of benzene rings is 1. The van der Waals surface area contributed by atoms with Gasteiger partial charge in [-0.3, -0.25) is 14.5 Å². The number of hydrogen-bond acceptors (Lipinski definition) is 4. The molecule has 0 aromatic heterocycles. The first-order valence-electron chi connectivity index (χ1n) is 11.3. The molecule has 4 amide bonds. The number of imide groups is 1. The van der Waals surface area contributed by atoms with Gasteiger partial charge in [0.1, 0.15) is 12.1 Å². The van der Waals surface area contributed by atoms with Crippen molar-refractivity contribution in [3.8, 4) is 0 Å². The van der Waals surface area contributed by atoms with Gasteiger partial charge < -0.3 is 15.1 Å². The zero-order valence-corrected chi connectivity index (χ0v) is 19.1. The molecule has 3 aliphatic rings. The van der Waals surface area contributed by atoms with Crippen LogP contribution in [0.5, 0.6) is 0 Å². The number of aryl methyl sites for hydroxylation is 1. The number of nitrogens with zero attached hydrogens (tertiary/aromatic N) is 3. The molecular formula is C24H34N4O3. The molecule has 1 spiro atoms. The summed E-state index contributed by atoms with van der Waals surface area (Å²) < 4.78 is 0. The van der Waals surface area contributed by atoms with Crippen molar-refractivity contribution < 1.29 is 14.4 Å². The Morgan fingerprint density at radius 1 is 1.13 bits per heavy atom. The summed E-state index contributed by atoms with van der Waals surface area (Å²) in [5.74, 6) is -0.0465. The van der Waals surface area contributed by atoms with Crippen molar-refractivity contribution in [3.63, 3.8) is 0 Å². The monoisotopic (exact) mass is 426 g/mol. The van der Waals surface area contributed by atoms with E-state index >= 15 is 0 Å². The van der Waals surface area contributed by atoms with E-state index in [4.69, 9.17) is 0 Å². The van der Waals surface area contributed by atoms with Crippen molar-refractivity contribution in [1.29, 1.82) is 0 Å². The average molecular weight is 427 g/mol. The average Bonchev–Trinajstić information content (AvgIpc) is 2.89.